The maximum atomic E-state index is 14.0. The molecule has 10 heteroatoms. The van der Waals surface area contributed by atoms with Crippen LogP contribution in [0.3, 0.4) is 0 Å². The van der Waals surface area contributed by atoms with Gasteiger partial charge in [-0.25, -0.2) is 4.99 Å². The highest BCUT2D eigenvalue weighted by Gasteiger charge is 2.34. The highest BCUT2D eigenvalue weighted by molar-refractivity contribution is 7.07. The molecule has 0 bridgehead atoms. The summed E-state index contributed by atoms with van der Waals surface area (Å²) in [6.45, 7) is 6.76. The largest absolute Gasteiger partial charge is 0.496 e. The van der Waals surface area contributed by atoms with Crippen LogP contribution in [-0.4, -0.2) is 49.8 Å². The summed E-state index contributed by atoms with van der Waals surface area (Å²) < 4.78 is 18.5. The van der Waals surface area contributed by atoms with E-state index in [-0.39, 0.29) is 11.5 Å². The van der Waals surface area contributed by atoms with Crippen molar-refractivity contribution in [1.29, 1.82) is 0 Å². The van der Waals surface area contributed by atoms with Crippen molar-refractivity contribution in [3.63, 3.8) is 0 Å². The number of rotatable bonds is 8. The number of carbonyl (C=O) groups excluding carboxylic acids is 1. The van der Waals surface area contributed by atoms with Crippen LogP contribution in [0.5, 0.6) is 17.2 Å². The molecule has 0 aliphatic carbocycles. The van der Waals surface area contributed by atoms with Gasteiger partial charge < -0.3 is 19.1 Å². The van der Waals surface area contributed by atoms with Crippen molar-refractivity contribution in [2.75, 3.05) is 34.4 Å². The van der Waals surface area contributed by atoms with Crippen LogP contribution in [0.1, 0.15) is 37.9 Å². The van der Waals surface area contributed by atoms with Crippen molar-refractivity contribution >= 4 is 34.9 Å². The molecule has 0 N–H and O–H groups in total. The summed E-state index contributed by atoms with van der Waals surface area (Å²) in [6, 6.07) is 10.0. The summed E-state index contributed by atoms with van der Waals surface area (Å²) in [6.07, 6.45) is 1.73. The molecule has 1 aliphatic rings. The Kier molecular flexibility index (Phi) is 8.28. The van der Waals surface area contributed by atoms with Crippen LogP contribution < -0.4 is 29.1 Å². The minimum Gasteiger partial charge on any atom is -0.496 e. The third kappa shape index (κ3) is 4.96. The van der Waals surface area contributed by atoms with Crippen molar-refractivity contribution in [1.82, 2.24) is 9.47 Å². The third-order valence-corrected chi connectivity index (χ3v) is 7.75. The van der Waals surface area contributed by atoms with Crippen LogP contribution in [0.15, 0.2) is 57.5 Å². The Morgan fingerprint density at radius 3 is 2.21 bits per heavy atom. The number of carbonyl (C=O) groups is 1. The van der Waals surface area contributed by atoms with E-state index in [1.165, 1.54) is 11.3 Å². The molecule has 8 nitrogen and oxygen atoms in total. The van der Waals surface area contributed by atoms with E-state index < -0.39 is 6.04 Å². The van der Waals surface area contributed by atoms with Gasteiger partial charge in [-0.05, 0) is 44.5 Å². The number of allylic oxidation sites excluding steroid dienone is 1. The molecule has 1 atom stereocenters. The molecule has 0 spiro atoms. The van der Waals surface area contributed by atoms with E-state index in [1.807, 2.05) is 32.9 Å². The lowest BCUT2D eigenvalue weighted by Gasteiger charge is -2.29. The first kappa shape index (κ1) is 27.5. The Morgan fingerprint density at radius 1 is 1.08 bits per heavy atom. The molecule has 1 amide bonds. The van der Waals surface area contributed by atoms with Gasteiger partial charge in [0.15, 0.2) is 4.80 Å². The molecule has 38 heavy (non-hydrogen) atoms. The molecule has 0 unspecified atom stereocenters. The van der Waals surface area contributed by atoms with Crippen LogP contribution in [0.2, 0.25) is 5.02 Å². The molecule has 200 valence electrons. The van der Waals surface area contributed by atoms with Crippen LogP contribution in [0.25, 0.3) is 6.08 Å². The number of thiazole rings is 1. The number of fused-ring (bicyclic) bond motifs is 1. The van der Waals surface area contributed by atoms with E-state index in [1.54, 1.807) is 61.1 Å². The topological polar surface area (TPSA) is 82.4 Å². The Bertz CT molecular complexity index is 1540. The third-order valence-electron chi connectivity index (χ3n) is 6.52. The molecule has 1 aliphatic heterocycles. The molecule has 2 heterocycles. The first-order chi connectivity index (χ1) is 18.3. The van der Waals surface area contributed by atoms with Crippen molar-refractivity contribution in [2.45, 2.75) is 26.8 Å². The number of benzene rings is 2. The lowest BCUT2D eigenvalue weighted by Crippen LogP contribution is -2.43. The Hall–Kier alpha value is -3.56. The average molecular weight is 556 g/mol. The molecule has 0 saturated carbocycles. The Balaban J connectivity index is 1.99. The highest BCUT2D eigenvalue weighted by Crippen LogP contribution is 2.35. The number of likely N-dealkylation sites (N-methyl/N-ethyl adjacent to an activating group) is 1. The van der Waals surface area contributed by atoms with E-state index in [2.05, 4.69) is 0 Å². The average Bonchev–Trinajstić information content (AvgIpc) is 3.23. The lowest BCUT2D eigenvalue weighted by molar-refractivity contribution is -0.127. The fraction of sp³-hybridized carbons (Fsp3) is 0.321. The summed E-state index contributed by atoms with van der Waals surface area (Å²) in [5.74, 6) is 1.41. The number of aromatic nitrogens is 1. The molecule has 0 radical (unpaired) electrons. The van der Waals surface area contributed by atoms with Gasteiger partial charge in [0.1, 0.15) is 17.2 Å². The zero-order valence-corrected chi connectivity index (χ0v) is 23.8. The van der Waals surface area contributed by atoms with Gasteiger partial charge in [-0.15, -0.1) is 0 Å². The van der Waals surface area contributed by atoms with Crippen LogP contribution in [0, 0.1) is 0 Å². The smallest absolute Gasteiger partial charge is 0.271 e. The number of hydrogen-bond acceptors (Lipinski definition) is 7. The SMILES string of the molecule is CCN(CC)C(=O)C1=C(C)N=c2s/c(=C/c3c(OC)cc(OC)cc3OC)c(=O)n2[C@H]1c1ccc(Cl)cc1. The maximum absolute atomic E-state index is 14.0. The molecular formula is C28H30ClN3O5S. The van der Waals surface area contributed by atoms with Crippen molar-refractivity contribution in [3.8, 4) is 17.2 Å². The van der Waals surface area contributed by atoms with Crippen molar-refractivity contribution in [3.05, 3.63) is 83.5 Å². The molecule has 3 aromatic rings. The maximum Gasteiger partial charge on any atom is 0.271 e. The molecule has 4 rings (SSSR count). The van der Waals surface area contributed by atoms with Gasteiger partial charge >= 0.3 is 0 Å². The van der Waals surface area contributed by atoms with E-state index in [9.17, 15) is 9.59 Å². The van der Waals surface area contributed by atoms with Gasteiger partial charge in [0.05, 0.1) is 48.7 Å². The van der Waals surface area contributed by atoms with Crippen LogP contribution in [-0.2, 0) is 4.79 Å². The number of methoxy groups -OCH3 is 3. The molecular weight excluding hydrogens is 526 g/mol. The van der Waals surface area contributed by atoms with E-state index in [0.717, 1.165) is 5.56 Å². The monoisotopic (exact) mass is 555 g/mol. The predicted molar refractivity (Wildman–Crippen MR) is 149 cm³/mol. The summed E-state index contributed by atoms with van der Waals surface area (Å²) in [5.41, 5.74) is 2.14. The fourth-order valence-corrected chi connectivity index (χ4v) is 5.70. The normalized spacial score (nSPS) is 15.1. The summed E-state index contributed by atoms with van der Waals surface area (Å²) in [4.78, 5) is 34.6. The second-order valence-electron chi connectivity index (χ2n) is 8.56. The first-order valence-electron chi connectivity index (χ1n) is 12.1. The van der Waals surface area contributed by atoms with Gasteiger partial charge in [-0.2, -0.15) is 0 Å². The number of nitrogens with zero attached hydrogens (tertiary/aromatic N) is 3. The first-order valence-corrected chi connectivity index (χ1v) is 13.3. The van der Waals surface area contributed by atoms with Gasteiger partial charge in [0.2, 0.25) is 0 Å². The van der Waals surface area contributed by atoms with Crippen molar-refractivity contribution in [2.24, 2.45) is 4.99 Å². The Morgan fingerprint density at radius 2 is 1.68 bits per heavy atom. The second kappa shape index (κ2) is 11.4. The van der Waals surface area contributed by atoms with E-state index in [0.29, 0.717) is 61.5 Å². The van der Waals surface area contributed by atoms with Crippen LogP contribution >= 0.6 is 22.9 Å². The highest BCUT2D eigenvalue weighted by atomic mass is 35.5. The van der Waals surface area contributed by atoms with E-state index in [4.69, 9.17) is 30.8 Å². The molecule has 2 aromatic carbocycles. The Labute approximate surface area is 230 Å². The van der Waals surface area contributed by atoms with Crippen LogP contribution in [0.4, 0.5) is 0 Å². The quantitative estimate of drug-likeness (QED) is 0.422. The zero-order chi connectivity index (χ0) is 27.6. The minimum atomic E-state index is -0.654. The number of hydrogen-bond donors (Lipinski definition) is 0. The molecule has 1 aromatic heterocycles. The summed E-state index contributed by atoms with van der Waals surface area (Å²) >= 11 is 7.41. The number of amides is 1. The lowest BCUT2D eigenvalue weighted by atomic mass is 9.94. The van der Waals surface area contributed by atoms with Crippen molar-refractivity contribution < 1.29 is 19.0 Å². The molecule has 0 saturated heterocycles. The standard InChI is InChI=1S/C28H30ClN3O5S/c1-7-31(8-2)27(34)24-16(3)30-28-32(25(24)17-9-11-18(29)12-10-17)26(33)23(38-28)15-20-21(36-5)13-19(35-4)14-22(20)37-6/h9-15,25H,7-8H2,1-6H3/b23-15+/t25-/m0/s1. The number of ether oxygens (including phenoxy) is 3. The van der Waals surface area contributed by atoms with Gasteiger partial charge in [0.25, 0.3) is 11.5 Å². The van der Waals surface area contributed by atoms with Gasteiger partial charge in [-0.3, -0.25) is 14.2 Å². The van der Waals surface area contributed by atoms with E-state index >= 15 is 0 Å². The zero-order valence-electron chi connectivity index (χ0n) is 22.2. The number of halogens is 1. The van der Waals surface area contributed by atoms with Gasteiger partial charge in [-0.1, -0.05) is 35.1 Å². The molecule has 0 fully saturated rings. The second-order valence-corrected chi connectivity index (χ2v) is 10.0. The summed E-state index contributed by atoms with van der Waals surface area (Å²) in [5, 5.41) is 0.567. The summed E-state index contributed by atoms with van der Waals surface area (Å²) in [7, 11) is 4.65. The minimum absolute atomic E-state index is 0.149. The fourth-order valence-electron chi connectivity index (χ4n) is 4.54. The predicted octanol–water partition coefficient (Wildman–Crippen LogP) is 3.78. The van der Waals surface area contributed by atoms with Gasteiger partial charge in [0, 0.05) is 30.2 Å².